The number of ether oxygens (including phenoxy) is 2. The Balaban J connectivity index is 2.27. The lowest BCUT2D eigenvalue weighted by Crippen LogP contribution is -2.31. The molecule has 1 aromatic carbocycles. The van der Waals surface area contributed by atoms with E-state index in [9.17, 15) is 13.2 Å². The summed E-state index contributed by atoms with van der Waals surface area (Å²) >= 11 is 5.72. The Morgan fingerprint density at radius 1 is 1.19 bits per heavy atom. The Kier molecular flexibility index (Phi) is 7.18. The van der Waals surface area contributed by atoms with Crippen molar-refractivity contribution in [2.45, 2.75) is 25.3 Å². The summed E-state index contributed by atoms with van der Waals surface area (Å²) in [5.41, 5.74) is 0.778. The van der Waals surface area contributed by atoms with Crippen LogP contribution in [0.25, 0.3) is 0 Å². The minimum absolute atomic E-state index is 0.00679. The molecule has 2 aromatic rings. The Morgan fingerprint density at radius 3 is 2.44 bits per heavy atom. The number of rotatable bonds is 8. The fraction of sp³-hybridized carbons (Fsp3) is 0.333. The molecule has 0 atom stereocenters. The number of aromatic nitrogens is 1. The zero-order valence-corrected chi connectivity index (χ0v) is 16.9. The number of benzene rings is 1. The molecule has 2 rings (SSSR count). The molecule has 0 amide bonds. The van der Waals surface area contributed by atoms with E-state index >= 15 is 0 Å². The number of nitrogens with zero attached hydrogens (tertiary/aromatic N) is 2. The predicted molar refractivity (Wildman–Crippen MR) is 101 cm³/mol. The number of sulfonamides is 1. The summed E-state index contributed by atoms with van der Waals surface area (Å²) in [4.78, 5) is 16.2. The van der Waals surface area contributed by atoms with Crippen LogP contribution in [0.2, 0.25) is 5.15 Å². The second-order valence-electron chi connectivity index (χ2n) is 5.52. The summed E-state index contributed by atoms with van der Waals surface area (Å²) in [5.74, 6) is -0.482. The van der Waals surface area contributed by atoms with Gasteiger partial charge in [0.1, 0.15) is 22.4 Å². The van der Waals surface area contributed by atoms with Crippen molar-refractivity contribution < 1.29 is 22.7 Å². The van der Waals surface area contributed by atoms with Gasteiger partial charge in [0.05, 0.1) is 12.7 Å². The second kappa shape index (κ2) is 9.16. The van der Waals surface area contributed by atoms with Gasteiger partial charge < -0.3 is 9.47 Å². The van der Waals surface area contributed by atoms with Crippen LogP contribution in [0, 0.1) is 0 Å². The molecule has 0 bridgehead atoms. The number of methoxy groups -OCH3 is 1. The molecule has 1 aromatic heterocycles. The van der Waals surface area contributed by atoms with Gasteiger partial charge in [-0.05, 0) is 24.3 Å². The maximum Gasteiger partial charge on any atom is 0.338 e. The SMILES string of the molecule is CCN(CC)S(=O)(=O)c1cc(C(=O)OCc2ccc(Cl)nc2)ccc1OC. The minimum Gasteiger partial charge on any atom is -0.495 e. The lowest BCUT2D eigenvalue weighted by Gasteiger charge is -2.20. The van der Waals surface area contributed by atoms with Gasteiger partial charge >= 0.3 is 5.97 Å². The standard InChI is InChI=1S/C18H21ClN2O5S/c1-4-21(5-2)27(23,24)16-10-14(7-8-15(16)25-3)18(22)26-12-13-6-9-17(19)20-11-13/h6-11H,4-5,12H2,1-3H3. The first-order valence-corrected chi connectivity index (χ1v) is 10.1. The molecule has 0 aliphatic rings. The van der Waals surface area contributed by atoms with Crippen LogP contribution in [0.3, 0.4) is 0 Å². The van der Waals surface area contributed by atoms with Crippen LogP contribution < -0.4 is 4.74 Å². The van der Waals surface area contributed by atoms with Crippen molar-refractivity contribution in [1.82, 2.24) is 9.29 Å². The van der Waals surface area contributed by atoms with Crippen molar-refractivity contribution >= 4 is 27.6 Å². The lowest BCUT2D eigenvalue weighted by atomic mass is 10.2. The molecule has 0 aliphatic carbocycles. The molecule has 1 heterocycles. The lowest BCUT2D eigenvalue weighted by molar-refractivity contribution is 0.0472. The van der Waals surface area contributed by atoms with Crippen molar-refractivity contribution in [3.63, 3.8) is 0 Å². The second-order valence-corrected chi connectivity index (χ2v) is 7.81. The molecule has 146 valence electrons. The zero-order chi connectivity index (χ0) is 20.0. The van der Waals surface area contributed by atoms with Crippen LogP contribution in [0.15, 0.2) is 41.4 Å². The Morgan fingerprint density at radius 2 is 1.89 bits per heavy atom. The van der Waals surface area contributed by atoms with Crippen molar-refractivity contribution in [1.29, 1.82) is 0 Å². The number of hydrogen-bond acceptors (Lipinski definition) is 6. The highest BCUT2D eigenvalue weighted by atomic mass is 35.5. The molecule has 0 fully saturated rings. The monoisotopic (exact) mass is 412 g/mol. The quantitative estimate of drug-likeness (QED) is 0.489. The zero-order valence-electron chi connectivity index (χ0n) is 15.3. The molecule has 0 radical (unpaired) electrons. The van der Waals surface area contributed by atoms with E-state index in [2.05, 4.69) is 4.98 Å². The maximum absolute atomic E-state index is 12.8. The molecule has 0 aliphatic heterocycles. The predicted octanol–water partition coefficient (Wildman–Crippen LogP) is 3.13. The number of carbonyl (C=O) groups is 1. The maximum atomic E-state index is 12.8. The van der Waals surface area contributed by atoms with Crippen molar-refractivity contribution in [2.75, 3.05) is 20.2 Å². The highest BCUT2D eigenvalue weighted by Gasteiger charge is 2.27. The topological polar surface area (TPSA) is 85.8 Å². The van der Waals surface area contributed by atoms with Crippen LogP contribution in [-0.2, 0) is 21.4 Å². The average molecular weight is 413 g/mol. The largest absolute Gasteiger partial charge is 0.495 e. The Bertz CT molecular complexity index is 896. The van der Waals surface area contributed by atoms with Crippen LogP contribution in [0.5, 0.6) is 5.75 Å². The first-order valence-electron chi connectivity index (χ1n) is 8.29. The fourth-order valence-corrected chi connectivity index (χ4v) is 4.18. The number of carbonyl (C=O) groups excluding carboxylic acids is 1. The van der Waals surface area contributed by atoms with Gasteiger partial charge in [0.2, 0.25) is 10.0 Å². The van der Waals surface area contributed by atoms with E-state index in [1.807, 2.05) is 0 Å². The van der Waals surface area contributed by atoms with Gasteiger partial charge in [-0.1, -0.05) is 31.5 Å². The van der Waals surface area contributed by atoms with Crippen LogP contribution >= 0.6 is 11.6 Å². The van der Waals surface area contributed by atoms with Crippen LogP contribution in [-0.4, -0.2) is 43.9 Å². The van der Waals surface area contributed by atoms with E-state index in [1.54, 1.807) is 26.0 Å². The molecular formula is C18H21ClN2O5S. The number of halogens is 1. The van der Waals surface area contributed by atoms with Gasteiger partial charge in [0.25, 0.3) is 0 Å². The third kappa shape index (κ3) is 4.97. The molecular weight excluding hydrogens is 392 g/mol. The molecule has 0 spiro atoms. The third-order valence-corrected chi connectivity index (χ3v) is 6.18. The van der Waals surface area contributed by atoms with Crippen LogP contribution in [0.4, 0.5) is 0 Å². The van der Waals surface area contributed by atoms with E-state index in [0.29, 0.717) is 23.8 Å². The van der Waals surface area contributed by atoms with Crippen molar-refractivity contribution in [3.8, 4) is 5.75 Å². The summed E-state index contributed by atoms with van der Waals surface area (Å²) in [6, 6.07) is 7.45. The molecule has 7 nitrogen and oxygen atoms in total. The first kappa shape index (κ1) is 21.1. The summed E-state index contributed by atoms with van der Waals surface area (Å²) in [5, 5.41) is 0.339. The minimum atomic E-state index is -3.80. The molecule has 9 heteroatoms. The summed E-state index contributed by atoms with van der Waals surface area (Å²) < 4.78 is 37.4. The van der Waals surface area contributed by atoms with Gasteiger partial charge in [0.15, 0.2) is 0 Å². The van der Waals surface area contributed by atoms with Gasteiger partial charge in [-0.3, -0.25) is 0 Å². The third-order valence-electron chi connectivity index (χ3n) is 3.88. The fourth-order valence-electron chi connectivity index (χ4n) is 2.43. The molecule has 0 unspecified atom stereocenters. The van der Waals surface area contributed by atoms with E-state index in [1.165, 1.54) is 35.8 Å². The summed E-state index contributed by atoms with van der Waals surface area (Å²) in [6.45, 7) is 4.09. The van der Waals surface area contributed by atoms with Crippen LogP contribution in [0.1, 0.15) is 29.8 Å². The van der Waals surface area contributed by atoms with E-state index < -0.39 is 16.0 Å². The number of pyridine rings is 1. The Hall–Kier alpha value is -2.16. The summed E-state index contributed by atoms with van der Waals surface area (Å²) in [6.07, 6.45) is 1.50. The highest BCUT2D eigenvalue weighted by molar-refractivity contribution is 7.89. The molecule has 0 saturated carbocycles. The first-order chi connectivity index (χ1) is 12.8. The number of hydrogen-bond donors (Lipinski definition) is 0. The van der Waals surface area contributed by atoms with Crippen molar-refractivity contribution in [2.24, 2.45) is 0 Å². The smallest absolute Gasteiger partial charge is 0.338 e. The summed E-state index contributed by atoms with van der Waals surface area (Å²) in [7, 11) is -2.42. The Labute approximate surface area is 163 Å². The molecule has 0 saturated heterocycles. The molecule has 0 N–H and O–H groups in total. The number of esters is 1. The van der Waals surface area contributed by atoms with Gasteiger partial charge in [0, 0.05) is 24.8 Å². The van der Waals surface area contributed by atoms with Gasteiger partial charge in [-0.2, -0.15) is 4.31 Å². The van der Waals surface area contributed by atoms with Gasteiger partial charge in [-0.15, -0.1) is 0 Å². The van der Waals surface area contributed by atoms with E-state index in [4.69, 9.17) is 21.1 Å². The average Bonchev–Trinajstić information content (AvgIpc) is 2.67. The van der Waals surface area contributed by atoms with E-state index in [-0.39, 0.29) is 22.8 Å². The van der Waals surface area contributed by atoms with Gasteiger partial charge in [-0.25, -0.2) is 18.2 Å². The molecule has 27 heavy (non-hydrogen) atoms. The van der Waals surface area contributed by atoms with Crippen molar-refractivity contribution in [3.05, 3.63) is 52.8 Å². The highest BCUT2D eigenvalue weighted by Crippen LogP contribution is 2.28. The van der Waals surface area contributed by atoms with E-state index in [0.717, 1.165) is 0 Å². The normalized spacial score (nSPS) is 11.4.